The average molecular weight is 373 g/mol. The van der Waals surface area contributed by atoms with E-state index in [0.717, 1.165) is 11.1 Å². The summed E-state index contributed by atoms with van der Waals surface area (Å²) in [5, 5.41) is 3.48. The Morgan fingerprint density at radius 1 is 1.04 bits per heavy atom. The summed E-state index contributed by atoms with van der Waals surface area (Å²) in [6.07, 6.45) is 0.188. The third-order valence-corrected chi connectivity index (χ3v) is 4.81. The van der Waals surface area contributed by atoms with E-state index in [0.29, 0.717) is 5.02 Å². The molecule has 2 rings (SSSR count). The maximum absolute atomic E-state index is 12.8. The molecule has 2 amide bonds. The fourth-order valence-electron chi connectivity index (χ4n) is 2.80. The van der Waals surface area contributed by atoms with E-state index in [-0.39, 0.29) is 30.3 Å². The molecule has 0 fully saturated rings. The van der Waals surface area contributed by atoms with E-state index in [1.54, 1.807) is 24.1 Å². The normalized spacial score (nSPS) is 13.0. The lowest BCUT2D eigenvalue weighted by atomic mass is 10.0. The first-order chi connectivity index (χ1) is 12.3. The third kappa shape index (κ3) is 5.33. The van der Waals surface area contributed by atoms with Gasteiger partial charge in [0.1, 0.15) is 0 Å². The predicted octanol–water partition coefficient (Wildman–Crippen LogP) is 4.44. The molecule has 138 valence electrons. The van der Waals surface area contributed by atoms with Crippen LogP contribution in [0.1, 0.15) is 49.0 Å². The Balaban J connectivity index is 2.13. The molecule has 2 unspecified atom stereocenters. The predicted molar refractivity (Wildman–Crippen MR) is 105 cm³/mol. The van der Waals surface area contributed by atoms with Crippen molar-refractivity contribution in [3.8, 4) is 0 Å². The smallest absolute Gasteiger partial charge is 0.225 e. The number of hydrogen-bond donors (Lipinski definition) is 1. The van der Waals surface area contributed by atoms with Crippen LogP contribution in [0.5, 0.6) is 0 Å². The van der Waals surface area contributed by atoms with Crippen LogP contribution < -0.4 is 5.32 Å². The van der Waals surface area contributed by atoms with Crippen LogP contribution >= 0.6 is 11.6 Å². The largest absolute Gasteiger partial charge is 0.349 e. The van der Waals surface area contributed by atoms with Crippen LogP contribution in [0.2, 0.25) is 5.02 Å². The molecule has 2 atom stereocenters. The van der Waals surface area contributed by atoms with Crippen LogP contribution in [0.3, 0.4) is 0 Å². The first kappa shape index (κ1) is 20.0. The molecule has 0 saturated heterocycles. The average Bonchev–Trinajstić information content (AvgIpc) is 2.60. The van der Waals surface area contributed by atoms with Gasteiger partial charge in [-0.2, -0.15) is 0 Å². The summed E-state index contributed by atoms with van der Waals surface area (Å²) in [6, 6.07) is 14.9. The second-order valence-corrected chi connectivity index (χ2v) is 7.04. The molecule has 0 bridgehead atoms. The third-order valence-electron chi connectivity index (χ3n) is 4.56. The summed E-state index contributed by atoms with van der Waals surface area (Å²) in [4.78, 5) is 26.1. The number of benzene rings is 2. The zero-order chi connectivity index (χ0) is 19.3. The van der Waals surface area contributed by atoms with Crippen molar-refractivity contribution in [2.24, 2.45) is 0 Å². The van der Waals surface area contributed by atoms with Crippen molar-refractivity contribution in [2.75, 3.05) is 7.05 Å². The van der Waals surface area contributed by atoms with Crippen molar-refractivity contribution in [3.63, 3.8) is 0 Å². The van der Waals surface area contributed by atoms with Gasteiger partial charge in [-0.25, -0.2) is 0 Å². The van der Waals surface area contributed by atoms with Gasteiger partial charge >= 0.3 is 0 Å². The van der Waals surface area contributed by atoms with Crippen LogP contribution in [0.4, 0.5) is 0 Å². The second kappa shape index (κ2) is 8.86. The van der Waals surface area contributed by atoms with Gasteiger partial charge in [-0.3, -0.25) is 9.59 Å². The first-order valence-corrected chi connectivity index (χ1v) is 9.00. The van der Waals surface area contributed by atoms with Gasteiger partial charge in [0.25, 0.3) is 0 Å². The van der Waals surface area contributed by atoms with Gasteiger partial charge in [0.2, 0.25) is 11.8 Å². The minimum Gasteiger partial charge on any atom is -0.349 e. The number of carbonyl (C=O) groups excluding carboxylic acids is 2. The minimum absolute atomic E-state index is 0.0354. The number of nitrogens with one attached hydrogen (secondary N) is 1. The van der Waals surface area contributed by atoms with E-state index in [2.05, 4.69) is 5.32 Å². The number of nitrogens with zero attached hydrogens (tertiary/aromatic N) is 1. The zero-order valence-corrected chi connectivity index (χ0v) is 16.4. The first-order valence-electron chi connectivity index (χ1n) is 8.62. The van der Waals surface area contributed by atoms with Crippen molar-refractivity contribution < 1.29 is 9.59 Å². The summed E-state index contributed by atoms with van der Waals surface area (Å²) >= 11 is 5.94. The van der Waals surface area contributed by atoms with Crippen molar-refractivity contribution in [1.29, 1.82) is 0 Å². The van der Waals surface area contributed by atoms with Gasteiger partial charge in [-0.1, -0.05) is 53.6 Å². The molecule has 4 nitrogen and oxygen atoms in total. The van der Waals surface area contributed by atoms with E-state index in [4.69, 9.17) is 11.6 Å². The SMILES string of the molecule is CC(=O)NC(CC(=O)N(C)C(C)c1ccc(C)cc1)c1ccc(Cl)cc1. The molecule has 0 radical (unpaired) electrons. The maximum atomic E-state index is 12.8. The van der Waals surface area contributed by atoms with Gasteiger partial charge in [0, 0.05) is 19.0 Å². The Kier molecular flexibility index (Phi) is 6.81. The Hall–Kier alpha value is -2.33. The highest BCUT2D eigenvalue weighted by atomic mass is 35.5. The lowest BCUT2D eigenvalue weighted by Crippen LogP contribution is -2.35. The monoisotopic (exact) mass is 372 g/mol. The Bertz CT molecular complexity index is 757. The molecular formula is C21H25ClN2O2. The van der Waals surface area contributed by atoms with Crippen molar-refractivity contribution >= 4 is 23.4 Å². The van der Waals surface area contributed by atoms with Gasteiger partial charge < -0.3 is 10.2 Å². The van der Waals surface area contributed by atoms with Crippen LogP contribution in [0.25, 0.3) is 0 Å². The van der Waals surface area contributed by atoms with Crippen LogP contribution in [-0.2, 0) is 9.59 Å². The molecule has 26 heavy (non-hydrogen) atoms. The highest BCUT2D eigenvalue weighted by Crippen LogP contribution is 2.24. The molecular weight excluding hydrogens is 348 g/mol. The minimum atomic E-state index is -0.384. The molecule has 0 aliphatic heterocycles. The molecule has 1 N–H and O–H groups in total. The lowest BCUT2D eigenvalue weighted by molar-refractivity contribution is -0.132. The number of hydrogen-bond acceptors (Lipinski definition) is 2. The van der Waals surface area contributed by atoms with Gasteiger partial charge in [-0.15, -0.1) is 0 Å². The Labute approximate surface area is 160 Å². The molecule has 2 aromatic carbocycles. The number of amides is 2. The fraction of sp³-hybridized carbons (Fsp3) is 0.333. The molecule has 0 spiro atoms. The van der Waals surface area contributed by atoms with Crippen LogP contribution in [-0.4, -0.2) is 23.8 Å². The van der Waals surface area contributed by atoms with Gasteiger partial charge in [0.15, 0.2) is 0 Å². The highest BCUT2D eigenvalue weighted by molar-refractivity contribution is 6.30. The summed E-state index contributed by atoms with van der Waals surface area (Å²) in [6.45, 7) is 5.48. The summed E-state index contributed by atoms with van der Waals surface area (Å²) in [7, 11) is 1.79. The standard InChI is InChI=1S/C21H25ClN2O2/c1-14-5-7-17(8-6-14)15(2)24(4)21(26)13-20(23-16(3)25)18-9-11-19(22)12-10-18/h5-12,15,20H,13H2,1-4H3,(H,23,25). The van der Waals surface area contributed by atoms with Crippen LogP contribution in [0, 0.1) is 6.92 Å². The molecule has 5 heteroatoms. The Morgan fingerprint density at radius 2 is 1.58 bits per heavy atom. The summed E-state index contributed by atoms with van der Waals surface area (Å²) in [5.74, 6) is -0.209. The molecule has 0 heterocycles. The molecule has 0 aromatic heterocycles. The number of carbonyl (C=O) groups is 2. The van der Waals surface area contributed by atoms with E-state index in [1.807, 2.05) is 50.2 Å². The van der Waals surface area contributed by atoms with Crippen molar-refractivity contribution in [3.05, 3.63) is 70.2 Å². The maximum Gasteiger partial charge on any atom is 0.225 e. The fourth-order valence-corrected chi connectivity index (χ4v) is 2.92. The van der Waals surface area contributed by atoms with E-state index in [1.165, 1.54) is 12.5 Å². The topological polar surface area (TPSA) is 49.4 Å². The van der Waals surface area contributed by atoms with Crippen molar-refractivity contribution in [2.45, 2.75) is 39.3 Å². The number of halogens is 1. The zero-order valence-electron chi connectivity index (χ0n) is 15.6. The van der Waals surface area contributed by atoms with Gasteiger partial charge in [-0.05, 0) is 37.1 Å². The van der Waals surface area contributed by atoms with Crippen molar-refractivity contribution in [1.82, 2.24) is 10.2 Å². The number of rotatable bonds is 6. The highest BCUT2D eigenvalue weighted by Gasteiger charge is 2.23. The summed E-state index contributed by atoms with van der Waals surface area (Å²) < 4.78 is 0. The number of aryl methyl sites for hydroxylation is 1. The summed E-state index contributed by atoms with van der Waals surface area (Å²) in [5.41, 5.74) is 3.12. The molecule has 0 aliphatic rings. The van der Waals surface area contributed by atoms with E-state index in [9.17, 15) is 9.59 Å². The van der Waals surface area contributed by atoms with E-state index < -0.39 is 0 Å². The molecule has 0 saturated carbocycles. The molecule has 2 aromatic rings. The van der Waals surface area contributed by atoms with Crippen LogP contribution in [0.15, 0.2) is 48.5 Å². The lowest BCUT2D eigenvalue weighted by Gasteiger charge is -2.28. The van der Waals surface area contributed by atoms with E-state index >= 15 is 0 Å². The van der Waals surface area contributed by atoms with Gasteiger partial charge in [0.05, 0.1) is 18.5 Å². The molecule has 0 aliphatic carbocycles. The second-order valence-electron chi connectivity index (χ2n) is 6.60. The quantitative estimate of drug-likeness (QED) is 0.815. The Morgan fingerprint density at radius 3 is 2.12 bits per heavy atom.